The number of anilines is 3. The van der Waals surface area contributed by atoms with Crippen molar-refractivity contribution >= 4 is 28.9 Å². The smallest absolute Gasteiger partial charge is 0.243 e. The van der Waals surface area contributed by atoms with E-state index < -0.39 is 0 Å². The standard InChI is InChI=1S/C18H21N3O2/c1-12-4-7-15(8-5-12)21-18(23)11-19-17-10-13(2)6-9-16(17)20-14(3)22/h4-10,19H,11H2,1-3H3,(H,20,22)(H,21,23). The fraction of sp³-hybridized carbons (Fsp3) is 0.222. The van der Waals surface area contributed by atoms with Crippen molar-refractivity contribution in [2.24, 2.45) is 0 Å². The van der Waals surface area contributed by atoms with Crippen LogP contribution in [0, 0.1) is 13.8 Å². The summed E-state index contributed by atoms with van der Waals surface area (Å²) in [6.07, 6.45) is 0. The summed E-state index contributed by atoms with van der Waals surface area (Å²) in [6.45, 7) is 5.52. The lowest BCUT2D eigenvalue weighted by Crippen LogP contribution is -2.22. The van der Waals surface area contributed by atoms with Crippen LogP contribution in [0.1, 0.15) is 18.1 Å². The molecule has 2 aromatic rings. The Kier molecular flexibility index (Phi) is 5.36. The Balaban J connectivity index is 1.99. The van der Waals surface area contributed by atoms with E-state index in [0.717, 1.165) is 22.5 Å². The fourth-order valence-electron chi connectivity index (χ4n) is 2.12. The van der Waals surface area contributed by atoms with E-state index in [4.69, 9.17) is 0 Å². The van der Waals surface area contributed by atoms with Gasteiger partial charge in [0.25, 0.3) is 0 Å². The van der Waals surface area contributed by atoms with Crippen molar-refractivity contribution < 1.29 is 9.59 Å². The van der Waals surface area contributed by atoms with Crippen LogP contribution in [0.5, 0.6) is 0 Å². The number of carbonyl (C=O) groups is 2. The highest BCUT2D eigenvalue weighted by molar-refractivity contribution is 5.96. The molecule has 5 nitrogen and oxygen atoms in total. The number of nitrogens with one attached hydrogen (secondary N) is 3. The predicted octanol–water partition coefficient (Wildman–Crippen LogP) is 3.31. The zero-order valence-corrected chi connectivity index (χ0v) is 13.6. The molecule has 0 spiro atoms. The molecule has 0 radical (unpaired) electrons. The van der Waals surface area contributed by atoms with Crippen molar-refractivity contribution in [3.05, 3.63) is 53.6 Å². The van der Waals surface area contributed by atoms with Gasteiger partial charge in [0.05, 0.1) is 17.9 Å². The number of amides is 2. The van der Waals surface area contributed by atoms with Gasteiger partial charge in [0.2, 0.25) is 11.8 Å². The maximum atomic E-state index is 12.0. The number of benzene rings is 2. The van der Waals surface area contributed by atoms with Crippen LogP contribution in [0.4, 0.5) is 17.1 Å². The maximum absolute atomic E-state index is 12.0. The van der Waals surface area contributed by atoms with Gasteiger partial charge in [-0.05, 0) is 43.7 Å². The Morgan fingerprint density at radius 2 is 1.52 bits per heavy atom. The second-order valence-electron chi connectivity index (χ2n) is 5.50. The molecule has 2 rings (SSSR count). The maximum Gasteiger partial charge on any atom is 0.243 e. The third-order valence-corrected chi connectivity index (χ3v) is 3.26. The van der Waals surface area contributed by atoms with Gasteiger partial charge >= 0.3 is 0 Å². The average Bonchev–Trinajstić information content (AvgIpc) is 2.49. The summed E-state index contributed by atoms with van der Waals surface area (Å²) < 4.78 is 0. The zero-order chi connectivity index (χ0) is 16.8. The molecule has 120 valence electrons. The monoisotopic (exact) mass is 311 g/mol. The minimum absolute atomic E-state index is 0.115. The molecule has 0 saturated carbocycles. The number of hydrogen-bond donors (Lipinski definition) is 3. The van der Waals surface area contributed by atoms with Gasteiger partial charge in [-0.1, -0.05) is 23.8 Å². The Morgan fingerprint density at radius 3 is 2.17 bits per heavy atom. The number of carbonyl (C=O) groups excluding carboxylic acids is 2. The molecular formula is C18H21N3O2. The highest BCUT2D eigenvalue weighted by atomic mass is 16.2. The van der Waals surface area contributed by atoms with Gasteiger partial charge in [-0.3, -0.25) is 9.59 Å². The zero-order valence-electron chi connectivity index (χ0n) is 13.6. The van der Waals surface area contributed by atoms with Crippen LogP contribution in [0.15, 0.2) is 42.5 Å². The van der Waals surface area contributed by atoms with Crippen LogP contribution in [0.2, 0.25) is 0 Å². The molecule has 0 aliphatic heterocycles. The molecule has 0 heterocycles. The van der Waals surface area contributed by atoms with Gasteiger partial charge in [-0.15, -0.1) is 0 Å². The second kappa shape index (κ2) is 7.45. The first kappa shape index (κ1) is 16.5. The van der Waals surface area contributed by atoms with Gasteiger partial charge < -0.3 is 16.0 Å². The highest BCUT2D eigenvalue weighted by Gasteiger charge is 2.07. The summed E-state index contributed by atoms with van der Waals surface area (Å²) >= 11 is 0. The molecule has 0 fully saturated rings. The predicted molar refractivity (Wildman–Crippen MR) is 93.8 cm³/mol. The topological polar surface area (TPSA) is 70.2 Å². The Hall–Kier alpha value is -2.82. The van der Waals surface area contributed by atoms with Crippen LogP contribution in [-0.2, 0) is 9.59 Å². The quantitative estimate of drug-likeness (QED) is 0.793. The van der Waals surface area contributed by atoms with E-state index >= 15 is 0 Å². The molecule has 0 aliphatic carbocycles. The molecule has 0 atom stereocenters. The largest absolute Gasteiger partial charge is 0.374 e. The highest BCUT2D eigenvalue weighted by Crippen LogP contribution is 2.23. The Morgan fingerprint density at radius 1 is 0.870 bits per heavy atom. The summed E-state index contributed by atoms with van der Waals surface area (Å²) in [5.74, 6) is -0.301. The van der Waals surface area contributed by atoms with E-state index in [1.807, 2.05) is 56.3 Å². The van der Waals surface area contributed by atoms with E-state index in [0.29, 0.717) is 5.69 Å². The Labute approximate surface area is 136 Å². The SMILES string of the molecule is CC(=O)Nc1ccc(C)cc1NCC(=O)Nc1ccc(C)cc1. The summed E-state index contributed by atoms with van der Waals surface area (Å²) in [6, 6.07) is 13.2. The van der Waals surface area contributed by atoms with Crippen molar-refractivity contribution in [2.75, 3.05) is 22.5 Å². The van der Waals surface area contributed by atoms with E-state index in [1.165, 1.54) is 6.92 Å². The number of aryl methyl sites for hydroxylation is 2. The van der Waals surface area contributed by atoms with E-state index in [-0.39, 0.29) is 18.4 Å². The molecule has 0 saturated heterocycles. The van der Waals surface area contributed by atoms with Crippen molar-refractivity contribution in [3.8, 4) is 0 Å². The minimum Gasteiger partial charge on any atom is -0.374 e. The summed E-state index contributed by atoms with van der Waals surface area (Å²) in [5.41, 5.74) is 4.32. The lowest BCUT2D eigenvalue weighted by Gasteiger charge is -2.13. The molecule has 0 aliphatic rings. The molecule has 3 N–H and O–H groups in total. The number of rotatable bonds is 5. The first-order valence-corrected chi connectivity index (χ1v) is 7.42. The molecule has 0 bridgehead atoms. The van der Waals surface area contributed by atoms with Crippen molar-refractivity contribution in [1.29, 1.82) is 0 Å². The third-order valence-electron chi connectivity index (χ3n) is 3.26. The van der Waals surface area contributed by atoms with Gasteiger partial charge in [-0.2, -0.15) is 0 Å². The summed E-state index contributed by atoms with van der Waals surface area (Å²) in [5, 5.41) is 8.64. The molecule has 2 amide bonds. The molecule has 5 heteroatoms. The van der Waals surface area contributed by atoms with E-state index in [2.05, 4.69) is 16.0 Å². The van der Waals surface area contributed by atoms with Crippen molar-refractivity contribution in [1.82, 2.24) is 0 Å². The lowest BCUT2D eigenvalue weighted by molar-refractivity contribution is -0.115. The molecule has 2 aromatic carbocycles. The van der Waals surface area contributed by atoms with Gasteiger partial charge in [0.1, 0.15) is 0 Å². The first-order valence-electron chi connectivity index (χ1n) is 7.42. The van der Waals surface area contributed by atoms with Crippen molar-refractivity contribution in [2.45, 2.75) is 20.8 Å². The van der Waals surface area contributed by atoms with Gasteiger partial charge in [0, 0.05) is 12.6 Å². The van der Waals surface area contributed by atoms with Crippen LogP contribution in [-0.4, -0.2) is 18.4 Å². The van der Waals surface area contributed by atoms with Crippen LogP contribution in [0.25, 0.3) is 0 Å². The van der Waals surface area contributed by atoms with E-state index in [1.54, 1.807) is 0 Å². The minimum atomic E-state index is -0.152. The molecule has 23 heavy (non-hydrogen) atoms. The molecular weight excluding hydrogens is 290 g/mol. The fourth-order valence-corrected chi connectivity index (χ4v) is 2.12. The first-order chi connectivity index (χ1) is 10.9. The average molecular weight is 311 g/mol. The summed E-state index contributed by atoms with van der Waals surface area (Å²) in [4.78, 5) is 23.3. The summed E-state index contributed by atoms with van der Waals surface area (Å²) in [7, 11) is 0. The van der Waals surface area contributed by atoms with Gasteiger partial charge in [-0.25, -0.2) is 0 Å². The second-order valence-corrected chi connectivity index (χ2v) is 5.50. The van der Waals surface area contributed by atoms with Crippen LogP contribution < -0.4 is 16.0 Å². The third kappa shape index (κ3) is 5.14. The van der Waals surface area contributed by atoms with Crippen LogP contribution >= 0.6 is 0 Å². The number of hydrogen-bond acceptors (Lipinski definition) is 3. The molecule has 0 unspecified atom stereocenters. The van der Waals surface area contributed by atoms with Crippen molar-refractivity contribution in [3.63, 3.8) is 0 Å². The molecule has 0 aromatic heterocycles. The van der Waals surface area contributed by atoms with Gasteiger partial charge in [0.15, 0.2) is 0 Å². The van der Waals surface area contributed by atoms with E-state index in [9.17, 15) is 9.59 Å². The van der Waals surface area contributed by atoms with Crippen LogP contribution in [0.3, 0.4) is 0 Å². The Bertz CT molecular complexity index is 709. The normalized spacial score (nSPS) is 10.0. The lowest BCUT2D eigenvalue weighted by atomic mass is 10.2.